The number of hydrogen-bond acceptors (Lipinski definition) is 4. The van der Waals surface area contributed by atoms with Crippen LogP contribution in [0.5, 0.6) is 0 Å². The minimum absolute atomic E-state index is 0. The van der Waals surface area contributed by atoms with Crippen molar-refractivity contribution in [1.82, 2.24) is 14.3 Å². The smallest absolute Gasteiger partial charge is 0.265 e. The Bertz CT molecular complexity index is 1490. The predicted molar refractivity (Wildman–Crippen MR) is 141 cm³/mol. The van der Waals surface area contributed by atoms with Gasteiger partial charge in [0.2, 0.25) is 0 Å². The molecule has 9 heteroatoms. The number of nitrogens with one attached hydrogen (secondary N) is 1. The van der Waals surface area contributed by atoms with Crippen LogP contribution in [0.2, 0.25) is 5.02 Å². The number of fused-ring (bicyclic) bond motifs is 1. The Kier molecular flexibility index (Phi) is 8.19. The Morgan fingerprint density at radius 1 is 1.03 bits per heavy atom. The Labute approximate surface area is 233 Å². The SMILES string of the molecule is Cc1nc2ccc(C(=O)NS(=O)(=O)c3ccc(C(C)(C)C)cc3)cc2n1Cc1ccccc1Cl.[Na]. The molecule has 6 nitrogen and oxygen atoms in total. The Morgan fingerprint density at radius 3 is 2.31 bits per heavy atom. The van der Waals surface area contributed by atoms with Gasteiger partial charge in [0.25, 0.3) is 15.9 Å². The van der Waals surface area contributed by atoms with Crippen molar-refractivity contribution in [2.24, 2.45) is 0 Å². The molecule has 0 aliphatic carbocycles. The summed E-state index contributed by atoms with van der Waals surface area (Å²) >= 11 is 6.33. The maximum Gasteiger partial charge on any atom is 0.265 e. The third-order valence-electron chi connectivity index (χ3n) is 5.75. The van der Waals surface area contributed by atoms with Crippen LogP contribution in [0, 0.1) is 6.92 Å². The van der Waals surface area contributed by atoms with Gasteiger partial charge < -0.3 is 4.57 Å². The average Bonchev–Trinajstić information content (AvgIpc) is 3.09. The van der Waals surface area contributed by atoms with E-state index in [1.807, 2.05) is 56.5 Å². The van der Waals surface area contributed by atoms with Crippen molar-refractivity contribution >= 4 is 68.1 Å². The molecule has 0 saturated heterocycles. The van der Waals surface area contributed by atoms with Gasteiger partial charge in [0.05, 0.1) is 22.5 Å². The summed E-state index contributed by atoms with van der Waals surface area (Å²) in [7, 11) is -4.02. The van der Waals surface area contributed by atoms with E-state index in [0.717, 1.165) is 22.5 Å². The predicted octanol–water partition coefficient (Wildman–Crippen LogP) is 5.08. The topological polar surface area (TPSA) is 81.1 Å². The van der Waals surface area contributed by atoms with Crippen LogP contribution in [-0.4, -0.2) is 53.4 Å². The fraction of sp³-hybridized carbons (Fsp3) is 0.231. The minimum atomic E-state index is -4.02. The number of aryl methyl sites for hydroxylation is 1. The van der Waals surface area contributed by atoms with Gasteiger partial charge in [0.1, 0.15) is 5.82 Å². The van der Waals surface area contributed by atoms with Crippen LogP contribution in [0.4, 0.5) is 0 Å². The zero-order valence-corrected chi connectivity index (χ0v) is 24.0. The number of imidazole rings is 1. The second-order valence-electron chi connectivity index (χ2n) is 9.25. The van der Waals surface area contributed by atoms with Crippen molar-refractivity contribution in [3.05, 3.63) is 94.3 Å². The molecule has 1 N–H and O–H groups in total. The first-order valence-electron chi connectivity index (χ1n) is 10.8. The number of carbonyl (C=O) groups is 1. The molecule has 1 amide bonds. The maximum absolute atomic E-state index is 12.9. The molecule has 1 aromatic heterocycles. The second-order valence-corrected chi connectivity index (χ2v) is 11.3. The van der Waals surface area contributed by atoms with E-state index in [1.54, 1.807) is 30.3 Å². The van der Waals surface area contributed by atoms with Crippen molar-refractivity contribution < 1.29 is 13.2 Å². The number of sulfonamides is 1. The van der Waals surface area contributed by atoms with Crippen molar-refractivity contribution in [1.29, 1.82) is 0 Å². The number of rotatable bonds is 5. The number of aromatic nitrogens is 2. The molecular formula is C26H26ClN3NaO3S. The number of hydrogen-bond donors (Lipinski definition) is 1. The summed E-state index contributed by atoms with van der Waals surface area (Å²) in [6, 6.07) is 19.0. The standard InChI is InChI=1S/C26H26ClN3O3S.Na/c1-17-28-23-14-9-18(15-24(23)30(17)16-19-7-5-6-8-22(19)27)25(31)29-34(32,33)21-12-10-20(11-13-21)26(2,3)4;/h5-15H,16H2,1-4H3,(H,29,31);. The van der Waals surface area contributed by atoms with Crippen LogP contribution in [0.15, 0.2) is 71.6 Å². The van der Waals surface area contributed by atoms with E-state index in [-0.39, 0.29) is 45.4 Å². The van der Waals surface area contributed by atoms with Gasteiger partial charge in [-0.15, -0.1) is 0 Å². The van der Waals surface area contributed by atoms with Gasteiger partial charge in [-0.2, -0.15) is 0 Å². The normalized spacial score (nSPS) is 11.8. The molecule has 0 bridgehead atoms. The van der Waals surface area contributed by atoms with E-state index >= 15 is 0 Å². The summed E-state index contributed by atoms with van der Waals surface area (Å²) in [6.07, 6.45) is 0. The summed E-state index contributed by atoms with van der Waals surface area (Å²) in [5.74, 6) is 0.0592. The van der Waals surface area contributed by atoms with Crippen LogP contribution in [0.1, 0.15) is 48.1 Å². The zero-order valence-electron chi connectivity index (χ0n) is 20.5. The Morgan fingerprint density at radius 2 is 1.69 bits per heavy atom. The average molecular weight is 519 g/mol. The van der Waals surface area contributed by atoms with Gasteiger partial charge in [0.15, 0.2) is 0 Å². The van der Waals surface area contributed by atoms with E-state index in [9.17, 15) is 13.2 Å². The number of benzene rings is 3. The van der Waals surface area contributed by atoms with Crippen molar-refractivity contribution in [2.45, 2.75) is 44.6 Å². The molecule has 177 valence electrons. The quantitative estimate of drug-likeness (QED) is 0.373. The fourth-order valence-corrected chi connectivity index (χ4v) is 4.92. The summed E-state index contributed by atoms with van der Waals surface area (Å²) in [6.45, 7) is 8.50. The molecule has 35 heavy (non-hydrogen) atoms. The number of halogens is 1. The van der Waals surface area contributed by atoms with E-state index in [0.29, 0.717) is 17.1 Å². The first kappa shape index (κ1) is 27.4. The first-order chi connectivity index (χ1) is 16.0. The molecule has 3 aromatic carbocycles. The van der Waals surface area contributed by atoms with Crippen LogP contribution >= 0.6 is 11.6 Å². The first-order valence-corrected chi connectivity index (χ1v) is 12.7. The molecule has 0 atom stereocenters. The van der Waals surface area contributed by atoms with Crippen molar-refractivity contribution in [3.63, 3.8) is 0 Å². The molecule has 0 spiro atoms. The van der Waals surface area contributed by atoms with Crippen LogP contribution < -0.4 is 4.72 Å². The van der Waals surface area contributed by atoms with Gasteiger partial charge in [-0.25, -0.2) is 18.1 Å². The molecular weight excluding hydrogens is 493 g/mol. The summed E-state index contributed by atoms with van der Waals surface area (Å²) < 4.78 is 29.8. The van der Waals surface area contributed by atoms with Gasteiger partial charge in [0, 0.05) is 40.1 Å². The molecule has 0 saturated carbocycles. The molecule has 1 heterocycles. The second kappa shape index (κ2) is 10.4. The maximum atomic E-state index is 12.9. The van der Waals surface area contributed by atoms with Crippen molar-refractivity contribution in [2.75, 3.05) is 0 Å². The van der Waals surface area contributed by atoms with E-state index in [1.165, 1.54) is 12.1 Å². The zero-order chi connectivity index (χ0) is 24.7. The van der Waals surface area contributed by atoms with Gasteiger partial charge in [-0.3, -0.25) is 4.79 Å². The Balaban J connectivity index is 0.00000342. The van der Waals surface area contributed by atoms with Gasteiger partial charge in [-0.05, 0) is 59.9 Å². The largest absolute Gasteiger partial charge is 0.324 e. The molecule has 1 radical (unpaired) electrons. The van der Waals surface area contributed by atoms with E-state index < -0.39 is 15.9 Å². The van der Waals surface area contributed by atoms with E-state index in [4.69, 9.17) is 11.6 Å². The van der Waals surface area contributed by atoms with Gasteiger partial charge >= 0.3 is 0 Å². The van der Waals surface area contributed by atoms with E-state index in [2.05, 4.69) is 9.71 Å². The molecule has 0 aliphatic heterocycles. The Hall–Kier alpha value is -2.16. The number of carbonyl (C=O) groups excluding carboxylic acids is 1. The van der Waals surface area contributed by atoms with Crippen LogP contribution in [0.3, 0.4) is 0 Å². The fourth-order valence-electron chi connectivity index (χ4n) is 3.75. The third kappa shape index (κ3) is 5.98. The van der Waals surface area contributed by atoms with Crippen LogP contribution in [0.25, 0.3) is 11.0 Å². The molecule has 4 aromatic rings. The summed E-state index contributed by atoms with van der Waals surface area (Å²) in [5, 5.41) is 0.640. The van der Waals surface area contributed by atoms with Crippen molar-refractivity contribution in [3.8, 4) is 0 Å². The molecule has 0 fully saturated rings. The van der Waals surface area contributed by atoms with Gasteiger partial charge in [-0.1, -0.05) is 62.7 Å². The van der Waals surface area contributed by atoms with Crippen LogP contribution in [-0.2, 0) is 22.0 Å². The summed E-state index contributed by atoms with van der Waals surface area (Å²) in [5.41, 5.74) is 3.47. The third-order valence-corrected chi connectivity index (χ3v) is 7.46. The minimum Gasteiger partial charge on any atom is -0.324 e. The molecule has 0 aliphatic rings. The summed E-state index contributed by atoms with van der Waals surface area (Å²) in [4.78, 5) is 17.5. The molecule has 4 rings (SSSR count). The molecule has 0 unspecified atom stereocenters. The number of nitrogens with zero attached hydrogens (tertiary/aromatic N) is 2. The number of amides is 1. The monoisotopic (exact) mass is 518 g/mol.